The minimum Gasteiger partial charge on any atom is -0.322 e. The molecule has 9 heteroatoms. The maximum Gasteiger partial charge on any atom is 0.255 e. The van der Waals surface area contributed by atoms with Gasteiger partial charge >= 0.3 is 0 Å². The van der Waals surface area contributed by atoms with E-state index < -0.39 is 15.9 Å². The third-order valence-electron chi connectivity index (χ3n) is 4.91. The first kappa shape index (κ1) is 21.2. The first-order valence-corrected chi connectivity index (χ1v) is 12.1. The molecule has 2 heterocycles. The standard InChI is InChI=1S/C22H21N3O4S2/c26-21-10-3-11-25(21)18-7-2-6-17(14-18)24-22(27)16-5-1-9-20(13-16)31(28,29)23-15-19-8-4-12-30-19/h1-2,4-9,12-14,23H,3,10-11,15H2,(H,24,27). The van der Waals surface area contributed by atoms with Crippen molar-refractivity contribution in [1.82, 2.24) is 4.72 Å². The van der Waals surface area contributed by atoms with Crippen LogP contribution in [0.15, 0.2) is 70.9 Å². The molecule has 7 nitrogen and oxygen atoms in total. The number of sulfonamides is 1. The van der Waals surface area contributed by atoms with Crippen LogP contribution in [-0.4, -0.2) is 26.8 Å². The first-order valence-electron chi connectivity index (χ1n) is 9.76. The Morgan fingerprint density at radius 1 is 1.06 bits per heavy atom. The number of rotatable bonds is 7. The van der Waals surface area contributed by atoms with Crippen molar-refractivity contribution >= 4 is 44.5 Å². The second-order valence-corrected chi connectivity index (χ2v) is 9.88. The largest absolute Gasteiger partial charge is 0.322 e. The van der Waals surface area contributed by atoms with Gasteiger partial charge in [-0.1, -0.05) is 18.2 Å². The van der Waals surface area contributed by atoms with Crippen LogP contribution in [0.25, 0.3) is 0 Å². The second kappa shape index (κ2) is 9.01. The molecule has 1 aliphatic heterocycles. The molecule has 1 fully saturated rings. The maximum absolute atomic E-state index is 12.7. The fraction of sp³-hybridized carbons (Fsp3) is 0.182. The van der Waals surface area contributed by atoms with Gasteiger partial charge in [-0.15, -0.1) is 11.3 Å². The number of hydrogen-bond donors (Lipinski definition) is 2. The van der Waals surface area contributed by atoms with Gasteiger partial charge in [0.2, 0.25) is 15.9 Å². The van der Waals surface area contributed by atoms with E-state index in [0.29, 0.717) is 18.7 Å². The molecule has 2 N–H and O–H groups in total. The quantitative estimate of drug-likeness (QED) is 0.569. The van der Waals surface area contributed by atoms with Crippen LogP contribution in [0.2, 0.25) is 0 Å². The zero-order valence-electron chi connectivity index (χ0n) is 16.6. The van der Waals surface area contributed by atoms with E-state index in [1.54, 1.807) is 29.2 Å². The highest BCUT2D eigenvalue weighted by Gasteiger charge is 2.22. The summed E-state index contributed by atoms with van der Waals surface area (Å²) < 4.78 is 27.8. The lowest BCUT2D eigenvalue weighted by Crippen LogP contribution is -2.24. The van der Waals surface area contributed by atoms with Crippen LogP contribution in [0, 0.1) is 0 Å². The molecule has 1 saturated heterocycles. The van der Waals surface area contributed by atoms with Gasteiger partial charge in [0.1, 0.15) is 0 Å². The zero-order valence-corrected chi connectivity index (χ0v) is 18.2. The van der Waals surface area contributed by atoms with Gasteiger partial charge in [-0.05, 0) is 54.3 Å². The predicted molar refractivity (Wildman–Crippen MR) is 121 cm³/mol. The van der Waals surface area contributed by atoms with Crippen molar-refractivity contribution in [1.29, 1.82) is 0 Å². The predicted octanol–water partition coefficient (Wildman–Crippen LogP) is 3.61. The monoisotopic (exact) mass is 455 g/mol. The van der Waals surface area contributed by atoms with Crippen molar-refractivity contribution in [3.63, 3.8) is 0 Å². The molecular formula is C22H21N3O4S2. The molecule has 0 unspecified atom stereocenters. The molecule has 0 bridgehead atoms. The third-order valence-corrected chi connectivity index (χ3v) is 7.19. The zero-order chi connectivity index (χ0) is 21.8. The lowest BCUT2D eigenvalue weighted by atomic mass is 10.2. The molecule has 4 rings (SSSR count). The van der Waals surface area contributed by atoms with Crippen molar-refractivity contribution in [2.24, 2.45) is 0 Å². The van der Waals surface area contributed by atoms with Crippen LogP contribution in [0.1, 0.15) is 28.1 Å². The Bertz CT molecular complexity index is 1210. The van der Waals surface area contributed by atoms with Gasteiger partial charge in [0.05, 0.1) is 4.90 Å². The molecule has 160 valence electrons. The Balaban J connectivity index is 1.48. The van der Waals surface area contributed by atoms with E-state index in [1.165, 1.54) is 29.5 Å². The van der Waals surface area contributed by atoms with Crippen LogP contribution >= 0.6 is 11.3 Å². The fourth-order valence-electron chi connectivity index (χ4n) is 3.34. The number of carbonyl (C=O) groups is 2. The van der Waals surface area contributed by atoms with Crippen molar-refractivity contribution < 1.29 is 18.0 Å². The van der Waals surface area contributed by atoms with Crippen molar-refractivity contribution in [2.45, 2.75) is 24.3 Å². The highest BCUT2D eigenvalue weighted by Crippen LogP contribution is 2.24. The third kappa shape index (κ3) is 5.01. The molecule has 3 aromatic rings. The molecule has 0 spiro atoms. The molecule has 0 saturated carbocycles. The van der Waals surface area contributed by atoms with Crippen molar-refractivity contribution in [3.05, 3.63) is 76.5 Å². The van der Waals surface area contributed by atoms with Crippen LogP contribution in [0.5, 0.6) is 0 Å². The van der Waals surface area contributed by atoms with Gasteiger partial charge in [-0.3, -0.25) is 9.59 Å². The minimum absolute atomic E-state index is 0.0214. The summed E-state index contributed by atoms with van der Waals surface area (Å²) in [5.41, 5.74) is 1.49. The van der Waals surface area contributed by atoms with E-state index in [0.717, 1.165) is 17.0 Å². The number of anilines is 2. The van der Waals surface area contributed by atoms with Gasteiger partial charge in [0.25, 0.3) is 5.91 Å². The molecule has 0 radical (unpaired) electrons. The van der Waals surface area contributed by atoms with E-state index in [-0.39, 0.29) is 22.9 Å². The van der Waals surface area contributed by atoms with Gasteiger partial charge in [0, 0.05) is 41.3 Å². The summed E-state index contributed by atoms with van der Waals surface area (Å²) in [5, 5.41) is 4.66. The highest BCUT2D eigenvalue weighted by molar-refractivity contribution is 7.89. The number of carbonyl (C=O) groups excluding carboxylic acids is 2. The Labute approximate surface area is 184 Å². The lowest BCUT2D eigenvalue weighted by Gasteiger charge is -2.17. The SMILES string of the molecule is O=C(Nc1cccc(N2CCCC2=O)c1)c1cccc(S(=O)(=O)NCc2cccs2)c1. The van der Waals surface area contributed by atoms with Gasteiger partial charge in [-0.25, -0.2) is 13.1 Å². The number of thiophene rings is 1. The number of nitrogens with zero attached hydrogens (tertiary/aromatic N) is 1. The van der Waals surface area contributed by atoms with Gasteiger partial charge in [-0.2, -0.15) is 0 Å². The van der Waals surface area contributed by atoms with Gasteiger partial charge in [0.15, 0.2) is 0 Å². The van der Waals surface area contributed by atoms with E-state index in [4.69, 9.17) is 0 Å². The van der Waals surface area contributed by atoms with Crippen molar-refractivity contribution in [2.75, 3.05) is 16.8 Å². The molecule has 31 heavy (non-hydrogen) atoms. The fourth-order valence-corrected chi connectivity index (χ4v) is 5.13. The van der Waals surface area contributed by atoms with E-state index >= 15 is 0 Å². The Kier molecular flexibility index (Phi) is 6.17. The maximum atomic E-state index is 12.7. The number of benzene rings is 2. The summed E-state index contributed by atoms with van der Waals surface area (Å²) in [4.78, 5) is 27.3. The lowest BCUT2D eigenvalue weighted by molar-refractivity contribution is -0.117. The Morgan fingerprint density at radius 3 is 2.65 bits per heavy atom. The van der Waals surface area contributed by atoms with Crippen LogP contribution < -0.4 is 14.9 Å². The van der Waals surface area contributed by atoms with E-state index in [2.05, 4.69) is 10.0 Å². The van der Waals surface area contributed by atoms with Crippen LogP contribution in [-0.2, 0) is 21.4 Å². The first-order chi connectivity index (χ1) is 14.9. The molecule has 2 aromatic carbocycles. The van der Waals surface area contributed by atoms with E-state index in [9.17, 15) is 18.0 Å². The van der Waals surface area contributed by atoms with Crippen LogP contribution in [0.3, 0.4) is 0 Å². The van der Waals surface area contributed by atoms with Crippen LogP contribution in [0.4, 0.5) is 11.4 Å². The summed E-state index contributed by atoms with van der Waals surface area (Å²) >= 11 is 1.46. The Morgan fingerprint density at radius 2 is 1.90 bits per heavy atom. The average molecular weight is 456 g/mol. The molecule has 0 atom stereocenters. The summed E-state index contributed by atoms with van der Waals surface area (Å²) in [5.74, 6) is -0.364. The smallest absolute Gasteiger partial charge is 0.255 e. The molecule has 1 aromatic heterocycles. The molecule has 2 amide bonds. The average Bonchev–Trinajstić information content (AvgIpc) is 3.44. The minimum atomic E-state index is -3.76. The second-order valence-electron chi connectivity index (χ2n) is 7.09. The summed E-state index contributed by atoms with van der Waals surface area (Å²) in [6, 6.07) is 16.7. The summed E-state index contributed by atoms with van der Waals surface area (Å²) in [7, 11) is -3.76. The van der Waals surface area contributed by atoms with Gasteiger partial charge < -0.3 is 10.2 Å². The summed E-state index contributed by atoms with van der Waals surface area (Å²) in [6.07, 6.45) is 1.34. The number of hydrogen-bond acceptors (Lipinski definition) is 5. The Hall–Kier alpha value is -3.01. The number of nitrogens with one attached hydrogen (secondary N) is 2. The summed E-state index contributed by atoms with van der Waals surface area (Å²) in [6.45, 7) is 0.854. The van der Waals surface area contributed by atoms with Crippen molar-refractivity contribution in [3.8, 4) is 0 Å². The molecule has 0 aliphatic carbocycles. The highest BCUT2D eigenvalue weighted by atomic mass is 32.2. The number of amides is 2. The molecule has 1 aliphatic rings. The topological polar surface area (TPSA) is 95.6 Å². The van der Waals surface area contributed by atoms with E-state index in [1.807, 2.05) is 23.6 Å². The normalized spacial score (nSPS) is 14.1. The molecular weight excluding hydrogens is 434 g/mol.